The third-order valence-corrected chi connectivity index (χ3v) is 15.0. The minimum atomic E-state index is -0.467. The molecular formula is C67H40N4O. The van der Waals surface area contributed by atoms with Crippen molar-refractivity contribution in [3.05, 3.63) is 265 Å². The Balaban J connectivity index is 0.780. The number of rotatable bonds is 6. The second kappa shape index (κ2) is 15.7. The van der Waals surface area contributed by atoms with Crippen molar-refractivity contribution in [3.63, 3.8) is 0 Å². The van der Waals surface area contributed by atoms with Crippen LogP contribution in [-0.2, 0) is 5.41 Å². The van der Waals surface area contributed by atoms with Crippen molar-refractivity contribution in [2.24, 2.45) is 0 Å². The molecule has 0 aliphatic heterocycles. The van der Waals surface area contributed by atoms with Gasteiger partial charge in [-0.3, -0.25) is 0 Å². The number of pyridine rings is 1. The van der Waals surface area contributed by atoms with Crippen LogP contribution in [0, 0.1) is 0 Å². The van der Waals surface area contributed by atoms with Gasteiger partial charge in [-0.25, -0.2) is 19.9 Å². The van der Waals surface area contributed by atoms with Crippen LogP contribution < -0.4 is 0 Å². The monoisotopic (exact) mass is 916 g/mol. The second-order valence-corrected chi connectivity index (χ2v) is 18.8. The van der Waals surface area contributed by atoms with E-state index in [1.165, 1.54) is 44.3 Å². The number of nitrogens with zero attached hydrogens (tertiary/aromatic N) is 4. The van der Waals surface area contributed by atoms with Gasteiger partial charge in [0, 0.05) is 49.5 Å². The van der Waals surface area contributed by atoms with E-state index < -0.39 is 5.41 Å². The molecule has 13 aromatic rings. The van der Waals surface area contributed by atoms with Gasteiger partial charge < -0.3 is 4.42 Å². The van der Waals surface area contributed by atoms with Gasteiger partial charge in [-0.2, -0.15) is 0 Å². The Morgan fingerprint density at radius 2 is 0.694 bits per heavy atom. The minimum absolute atomic E-state index is 0.467. The van der Waals surface area contributed by atoms with Crippen LogP contribution >= 0.6 is 0 Å². The molecule has 5 nitrogen and oxygen atoms in total. The van der Waals surface area contributed by atoms with Gasteiger partial charge in [-0.15, -0.1) is 0 Å². The fraction of sp³-hybridized carbons (Fsp3) is 0.0149. The van der Waals surface area contributed by atoms with Crippen molar-refractivity contribution < 1.29 is 4.42 Å². The molecule has 0 saturated heterocycles. The number of fused-ring (bicyclic) bond motifs is 15. The average Bonchev–Trinajstić information content (AvgIpc) is 4.10. The first-order valence-corrected chi connectivity index (χ1v) is 24.5. The van der Waals surface area contributed by atoms with Crippen LogP contribution in [-0.4, -0.2) is 19.9 Å². The number of para-hydroxylation sites is 1. The summed E-state index contributed by atoms with van der Waals surface area (Å²) in [4.78, 5) is 20.8. The van der Waals surface area contributed by atoms with Crippen molar-refractivity contribution in [2.75, 3.05) is 0 Å². The first kappa shape index (κ1) is 40.3. The predicted octanol–water partition coefficient (Wildman–Crippen LogP) is 16.7. The zero-order chi connectivity index (χ0) is 47.3. The lowest BCUT2D eigenvalue weighted by Gasteiger charge is -2.31. The largest absolute Gasteiger partial charge is 0.456 e. The van der Waals surface area contributed by atoms with Crippen LogP contribution in [0.5, 0.6) is 0 Å². The first-order valence-electron chi connectivity index (χ1n) is 24.5. The summed E-state index contributed by atoms with van der Waals surface area (Å²) < 4.78 is 6.20. The lowest BCUT2D eigenvalue weighted by Crippen LogP contribution is -2.26. The zero-order valence-corrected chi connectivity index (χ0v) is 38.8. The number of furan rings is 1. The van der Waals surface area contributed by atoms with Gasteiger partial charge in [-0.05, 0) is 67.6 Å². The Morgan fingerprint density at radius 3 is 1.32 bits per heavy atom. The van der Waals surface area contributed by atoms with Gasteiger partial charge >= 0.3 is 0 Å². The Hall–Kier alpha value is -9.58. The van der Waals surface area contributed by atoms with Crippen molar-refractivity contribution in [1.82, 2.24) is 19.9 Å². The van der Waals surface area contributed by atoms with E-state index in [-0.39, 0.29) is 0 Å². The highest BCUT2D eigenvalue weighted by atomic mass is 16.3. The molecule has 2 aliphatic rings. The number of benzene rings is 10. The van der Waals surface area contributed by atoms with E-state index in [4.69, 9.17) is 24.4 Å². The molecule has 3 heterocycles. The minimum Gasteiger partial charge on any atom is -0.456 e. The molecule has 0 fully saturated rings. The van der Waals surface area contributed by atoms with E-state index in [0.29, 0.717) is 17.5 Å². The Kier molecular flexibility index (Phi) is 8.80. The maximum Gasteiger partial charge on any atom is 0.164 e. The first-order chi connectivity index (χ1) is 35.7. The molecule has 0 radical (unpaired) electrons. The molecule has 0 atom stereocenters. The molecule has 2 aliphatic carbocycles. The third-order valence-electron chi connectivity index (χ3n) is 15.0. The SMILES string of the molecule is c1ccc(-c2nc(-c3ccc(-c4ccc(-c5nc6c(c7ccccc57)C5(c7ccccc7-c7ccccc75)c5ccccc5-6)cc4)cc3)nc(-c3ccc(-c4cccc5oc6ccccc6c45)cc3)n2)cc1. The van der Waals surface area contributed by atoms with E-state index >= 15 is 0 Å². The average molecular weight is 917 g/mol. The van der Waals surface area contributed by atoms with Crippen molar-refractivity contribution in [2.45, 2.75) is 5.41 Å². The van der Waals surface area contributed by atoms with Gasteiger partial charge in [0.2, 0.25) is 0 Å². The highest BCUT2D eigenvalue weighted by Crippen LogP contribution is 2.64. The highest BCUT2D eigenvalue weighted by Gasteiger charge is 2.53. The highest BCUT2D eigenvalue weighted by molar-refractivity contribution is 6.12. The van der Waals surface area contributed by atoms with Gasteiger partial charge in [-0.1, -0.05) is 231 Å². The molecule has 15 rings (SSSR count). The van der Waals surface area contributed by atoms with Crippen molar-refractivity contribution in [1.29, 1.82) is 0 Å². The molecule has 0 saturated carbocycles. The quantitative estimate of drug-likeness (QED) is 0.166. The van der Waals surface area contributed by atoms with Crippen LogP contribution in [0.4, 0.5) is 0 Å². The van der Waals surface area contributed by atoms with Gasteiger partial charge in [0.15, 0.2) is 17.5 Å². The van der Waals surface area contributed by atoms with E-state index in [2.05, 4.69) is 194 Å². The molecule has 3 aromatic heterocycles. The van der Waals surface area contributed by atoms with Crippen molar-refractivity contribution in [3.8, 4) is 90.1 Å². The summed E-state index contributed by atoms with van der Waals surface area (Å²) in [5.41, 5.74) is 20.5. The Morgan fingerprint density at radius 1 is 0.264 bits per heavy atom. The van der Waals surface area contributed by atoms with Crippen LogP contribution in [0.25, 0.3) is 123 Å². The summed E-state index contributed by atoms with van der Waals surface area (Å²) >= 11 is 0. The van der Waals surface area contributed by atoms with E-state index in [1.807, 2.05) is 48.5 Å². The Labute approximate surface area is 415 Å². The van der Waals surface area contributed by atoms with Crippen molar-refractivity contribution >= 4 is 32.7 Å². The zero-order valence-electron chi connectivity index (χ0n) is 38.8. The lowest BCUT2D eigenvalue weighted by molar-refractivity contribution is 0.669. The summed E-state index contributed by atoms with van der Waals surface area (Å²) in [6, 6.07) is 86.1. The van der Waals surface area contributed by atoms with E-state index in [1.54, 1.807) is 0 Å². The third kappa shape index (κ3) is 5.95. The number of hydrogen-bond acceptors (Lipinski definition) is 5. The molecule has 0 N–H and O–H groups in total. The fourth-order valence-corrected chi connectivity index (χ4v) is 11.8. The smallest absolute Gasteiger partial charge is 0.164 e. The standard InChI is InChI=1S/C67H40N4O/c1-2-15-45(16-3-1)64-69-65(71-66(70-64)47-39-33-43(34-40-47)48-23-14-28-59-60(48)54-22-9-13-27-58(54)72-59)46-37-31-42(32-38-46)41-29-35-44(36-30-41)62-52-20-5-4-19-51(52)61-63(68-62)53-21-8-12-26-57(53)67(61)55-24-10-6-17-49(55)50-18-7-11-25-56(50)67/h1-40H. The maximum atomic E-state index is 6.20. The van der Waals surface area contributed by atoms with Crippen LogP contribution in [0.15, 0.2) is 247 Å². The molecular weight excluding hydrogens is 877 g/mol. The normalized spacial score (nSPS) is 12.8. The predicted molar refractivity (Wildman–Crippen MR) is 291 cm³/mol. The topological polar surface area (TPSA) is 64.7 Å². The molecule has 0 amide bonds. The second-order valence-electron chi connectivity index (χ2n) is 18.8. The lowest BCUT2D eigenvalue weighted by atomic mass is 9.69. The summed E-state index contributed by atoms with van der Waals surface area (Å²) in [5.74, 6) is 1.85. The summed E-state index contributed by atoms with van der Waals surface area (Å²) in [7, 11) is 0. The molecule has 5 heteroatoms. The molecule has 10 aromatic carbocycles. The van der Waals surface area contributed by atoms with Crippen LogP contribution in [0.3, 0.4) is 0 Å². The summed E-state index contributed by atoms with van der Waals surface area (Å²) in [6.07, 6.45) is 0. The maximum absolute atomic E-state index is 6.20. The molecule has 0 bridgehead atoms. The number of hydrogen-bond donors (Lipinski definition) is 0. The van der Waals surface area contributed by atoms with Crippen LogP contribution in [0.1, 0.15) is 22.3 Å². The fourth-order valence-electron chi connectivity index (χ4n) is 11.8. The van der Waals surface area contributed by atoms with Gasteiger partial charge in [0.1, 0.15) is 11.2 Å². The Bertz CT molecular complexity index is 4260. The van der Waals surface area contributed by atoms with E-state index in [9.17, 15) is 0 Å². The van der Waals surface area contributed by atoms with E-state index in [0.717, 1.165) is 83.2 Å². The number of aromatic nitrogens is 4. The molecule has 334 valence electrons. The van der Waals surface area contributed by atoms with Crippen LogP contribution in [0.2, 0.25) is 0 Å². The summed E-state index contributed by atoms with van der Waals surface area (Å²) in [6.45, 7) is 0. The summed E-state index contributed by atoms with van der Waals surface area (Å²) in [5, 5.41) is 4.59. The molecule has 0 unspecified atom stereocenters. The molecule has 72 heavy (non-hydrogen) atoms. The van der Waals surface area contributed by atoms with Gasteiger partial charge in [0.25, 0.3) is 0 Å². The van der Waals surface area contributed by atoms with Gasteiger partial charge in [0.05, 0.1) is 16.8 Å². The molecule has 1 spiro atoms.